The number of halogens is 1. The molecule has 5 rings (SSSR count). The van der Waals surface area contributed by atoms with Crippen molar-refractivity contribution in [1.82, 2.24) is 9.55 Å². The molecule has 0 bridgehead atoms. The third-order valence-corrected chi connectivity index (χ3v) is 7.57. The highest BCUT2D eigenvalue weighted by atomic mass is 19.1. The van der Waals surface area contributed by atoms with E-state index < -0.39 is 35.8 Å². The Morgan fingerprint density at radius 1 is 1.05 bits per heavy atom. The van der Waals surface area contributed by atoms with Gasteiger partial charge in [-0.2, -0.15) is 4.98 Å². The number of hydrogen-bond acceptors (Lipinski definition) is 6. The van der Waals surface area contributed by atoms with Crippen molar-refractivity contribution in [3.63, 3.8) is 0 Å². The van der Waals surface area contributed by atoms with E-state index in [-0.39, 0.29) is 0 Å². The van der Waals surface area contributed by atoms with Crippen LogP contribution in [0.3, 0.4) is 0 Å². The molecule has 3 aromatic carbocycles. The molecule has 0 spiro atoms. The fourth-order valence-electron chi connectivity index (χ4n) is 5.31. The smallest absolute Gasteiger partial charge is 0.351 e. The number of alkyl halides is 1. The lowest BCUT2D eigenvalue weighted by Crippen LogP contribution is -2.42. The van der Waals surface area contributed by atoms with E-state index in [0.717, 1.165) is 22.4 Å². The largest absolute Gasteiger partial charge is 0.497 e. The Hall–Kier alpha value is -4.01. The summed E-state index contributed by atoms with van der Waals surface area (Å²) in [6, 6.07) is 29.4. The molecule has 1 aromatic heterocycles. The number of methoxy groups -OCH3 is 1. The van der Waals surface area contributed by atoms with E-state index in [4.69, 9.17) is 9.47 Å². The summed E-state index contributed by atoms with van der Waals surface area (Å²) in [6.45, 7) is 0.903. The number of ether oxygens (including phenoxy) is 2. The Kier molecular flexibility index (Phi) is 7.50. The number of nitrogens with one attached hydrogen (secondary N) is 1. The summed E-state index contributed by atoms with van der Waals surface area (Å²) >= 11 is 0. The minimum Gasteiger partial charge on any atom is -0.497 e. The highest BCUT2D eigenvalue weighted by Gasteiger charge is 2.46. The number of hydrogen-bond donors (Lipinski definition) is 2. The molecule has 4 aromatic rings. The predicted octanol–water partition coefficient (Wildman–Crippen LogP) is 5.05. The number of nitrogens with zero attached hydrogens (tertiary/aromatic N) is 2. The van der Waals surface area contributed by atoms with Crippen LogP contribution in [0.5, 0.6) is 5.75 Å². The molecular formula is C31H32FN3O4. The predicted molar refractivity (Wildman–Crippen MR) is 148 cm³/mol. The van der Waals surface area contributed by atoms with Gasteiger partial charge in [-0.1, -0.05) is 72.8 Å². The van der Waals surface area contributed by atoms with E-state index in [1.807, 2.05) is 84.9 Å². The van der Waals surface area contributed by atoms with Crippen LogP contribution in [0.15, 0.2) is 102 Å². The van der Waals surface area contributed by atoms with Crippen molar-refractivity contribution in [2.24, 2.45) is 0 Å². The van der Waals surface area contributed by atoms with Gasteiger partial charge in [0.2, 0.25) is 0 Å². The Labute approximate surface area is 226 Å². The summed E-state index contributed by atoms with van der Waals surface area (Å²) in [5.41, 5.74) is 0.100. The van der Waals surface area contributed by atoms with Crippen molar-refractivity contribution < 1.29 is 19.0 Å². The molecule has 1 aliphatic rings. The fourth-order valence-corrected chi connectivity index (χ4v) is 5.31. The third-order valence-electron chi connectivity index (χ3n) is 7.57. The van der Waals surface area contributed by atoms with Crippen LogP contribution in [0.4, 0.5) is 10.2 Å². The lowest BCUT2D eigenvalue weighted by molar-refractivity contribution is -0.132. The Morgan fingerprint density at radius 2 is 1.64 bits per heavy atom. The van der Waals surface area contributed by atoms with Gasteiger partial charge in [0.25, 0.3) is 0 Å². The van der Waals surface area contributed by atoms with Crippen molar-refractivity contribution in [3.05, 3.63) is 124 Å². The summed E-state index contributed by atoms with van der Waals surface area (Å²) in [4.78, 5) is 17.6. The van der Waals surface area contributed by atoms with E-state index in [0.29, 0.717) is 18.7 Å². The van der Waals surface area contributed by atoms with E-state index in [9.17, 15) is 14.3 Å². The second kappa shape index (κ2) is 11.0. The maximum Gasteiger partial charge on any atom is 0.351 e. The molecule has 0 saturated carbocycles. The van der Waals surface area contributed by atoms with Gasteiger partial charge in [0.15, 0.2) is 0 Å². The molecule has 8 heteroatoms. The molecule has 3 atom stereocenters. The van der Waals surface area contributed by atoms with E-state index in [1.165, 1.54) is 11.5 Å². The van der Waals surface area contributed by atoms with Crippen molar-refractivity contribution in [2.75, 3.05) is 19.0 Å². The minimum atomic E-state index is -1.38. The summed E-state index contributed by atoms with van der Waals surface area (Å²) in [5.74, 6) is 1.10. The van der Waals surface area contributed by atoms with Gasteiger partial charge in [-0.05, 0) is 54.7 Å². The first-order valence-corrected chi connectivity index (χ1v) is 13.0. The first kappa shape index (κ1) is 26.6. The molecule has 7 nitrogen and oxygen atoms in total. The van der Waals surface area contributed by atoms with Crippen LogP contribution in [0.25, 0.3) is 0 Å². The molecule has 1 aliphatic heterocycles. The van der Waals surface area contributed by atoms with Crippen molar-refractivity contribution in [3.8, 4) is 5.75 Å². The van der Waals surface area contributed by atoms with Gasteiger partial charge in [-0.15, -0.1) is 0 Å². The van der Waals surface area contributed by atoms with Crippen LogP contribution >= 0.6 is 0 Å². The third kappa shape index (κ3) is 4.93. The fraction of sp³-hybridized carbons (Fsp3) is 0.290. The van der Waals surface area contributed by atoms with Crippen molar-refractivity contribution in [1.29, 1.82) is 0 Å². The van der Waals surface area contributed by atoms with Crippen molar-refractivity contribution in [2.45, 2.75) is 43.3 Å². The first-order valence-electron chi connectivity index (χ1n) is 13.0. The second-order valence-electron chi connectivity index (χ2n) is 9.79. The highest BCUT2D eigenvalue weighted by Crippen LogP contribution is 2.41. The zero-order valence-electron chi connectivity index (χ0n) is 22.0. The van der Waals surface area contributed by atoms with Crippen LogP contribution in [0.2, 0.25) is 0 Å². The zero-order valence-corrected chi connectivity index (χ0v) is 22.0. The standard InChI is InChI=1S/C31H32FN3O4/c1-22(32)30(21-36)19-17-28(39-30)35-20-18-27(33-29(35)37)34-31(23-9-5-3-6-10-23,24-11-7-4-8-12-24)25-13-15-26(38-2)16-14-25/h3-16,18,20,22,28,36H,17,19,21H2,1-2H3,(H,33,34,37)/t22?,28-,30+/m1/s1. The van der Waals surface area contributed by atoms with Gasteiger partial charge in [0.1, 0.15) is 35.1 Å². The normalized spacial score (nSPS) is 19.9. The average Bonchev–Trinajstić information content (AvgIpc) is 3.43. The number of anilines is 1. The van der Waals surface area contributed by atoms with Crippen molar-refractivity contribution >= 4 is 5.82 Å². The molecular weight excluding hydrogens is 497 g/mol. The van der Waals surface area contributed by atoms with Crippen LogP contribution in [0.1, 0.15) is 42.7 Å². The van der Waals surface area contributed by atoms with E-state index in [1.54, 1.807) is 19.4 Å². The van der Waals surface area contributed by atoms with Gasteiger partial charge >= 0.3 is 5.69 Å². The maximum atomic E-state index is 14.2. The van der Waals surface area contributed by atoms with E-state index in [2.05, 4.69) is 10.3 Å². The quantitative estimate of drug-likeness (QED) is 0.295. The Balaban J connectivity index is 1.59. The lowest BCUT2D eigenvalue weighted by atomic mass is 9.77. The van der Waals surface area contributed by atoms with Crippen LogP contribution in [-0.2, 0) is 10.3 Å². The summed E-state index contributed by atoms with van der Waals surface area (Å²) < 4.78 is 26.8. The zero-order chi connectivity index (χ0) is 27.5. The minimum absolute atomic E-state index is 0.306. The van der Waals surface area contributed by atoms with Crippen LogP contribution < -0.4 is 15.7 Å². The molecule has 2 N–H and O–H groups in total. The van der Waals surface area contributed by atoms with Gasteiger partial charge in [-0.3, -0.25) is 4.57 Å². The molecule has 1 unspecified atom stereocenters. The lowest BCUT2D eigenvalue weighted by Gasteiger charge is -2.37. The van der Waals surface area contributed by atoms with Gasteiger partial charge in [-0.25, -0.2) is 9.18 Å². The monoisotopic (exact) mass is 529 g/mol. The molecule has 0 aliphatic carbocycles. The first-order chi connectivity index (χ1) is 18.9. The number of aliphatic hydroxyl groups is 1. The maximum absolute atomic E-state index is 14.2. The number of benzene rings is 3. The van der Waals surface area contributed by atoms with Gasteiger partial charge in [0.05, 0.1) is 13.7 Å². The van der Waals surface area contributed by atoms with Gasteiger partial charge < -0.3 is 19.9 Å². The highest BCUT2D eigenvalue weighted by molar-refractivity contribution is 5.58. The van der Waals surface area contributed by atoms with Crippen LogP contribution in [0, 0.1) is 0 Å². The topological polar surface area (TPSA) is 85.6 Å². The molecule has 1 saturated heterocycles. The molecule has 2 heterocycles. The average molecular weight is 530 g/mol. The molecule has 1 fully saturated rings. The SMILES string of the molecule is COc1ccc(C(Nc2ccn([C@H]3CC[C@](CO)(C(C)F)O3)c(=O)n2)(c2ccccc2)c2ccccc2)cc1. The summed E-state index contributed by atoms with van der Waals surface area (Å²) in [7, 11) is 1.63. The Morgan fingerprint density at radius 3 is 2.13 bits per heavy atom. The number of aromatic nitrogens is 2. The molecule has 202 valence electrons. The Bertz CT molecular complexity index is 1400. The molecule has 0 amide bonds. The molecule has 39 heavy (non-hydrogen) atoms. The summed E-state index contributed by atoms with van der Waals surface area (Å²) in [5, 5.41) is 13.3. The van der Waals surface area contributed by atoms with Crippen LogP contribution in [-0.4, -0.2) is 40.1 Å². The second-order valence-corrected chi connectivity index (χ2v) is 9.79. The number of rotatable bonds is 9. The van der Waals surface area contributed by atoms with E-state index >= 15 is 0 Å². The molecule has 0 radical (unpaired) electrons. The van der Waals surface area contributed by atoms with Gasteiger partial charge in [0, 0.05) is 6.20 Å². The summed E-state index contributed by atoms with van der Waals surface area (Å²) in [6.07, 6.45) is 0.222. The number of aliphatic hydroxyl groups excluding tert-OH is 1.